The number of piperazine rings is 1. The number of carbonyl (C=O) groups is 3. The zero-order valence-electron chi connectivity index (χ0n) is 12.7. The molecule has 8 heteroatoms. The van der Waals surface area contributed by atoms with E-state index >= 15 is 0 Å². The molecule has 1 rings (SSSR count). The van der Waals surface area contributed by atoms with Crippen LogP contribution in [0.15, 0.2) is 0 Å². The minimum Gasteiger partial charge on any atom is -0.480 e. The molecule has 0 unspecified atom stereocenters. The van der Waals surface area contributed by atoms with Gasteiger partial charge in [-0.3, -0.25) is 15.0 Å². The molecule has 0 aromatic heterocycles. The first kappa shape index (κ1) is 17.4. The number of carboxylic acids is 1. The summed E-state index contributed by atoms with van der Waals surface area (Å²) in [6, 6.07) is -0.465. The Bertz CT molecular complexity index is 397. The Labute approximate surface area is 124 Å². The van der Waals surface area contributed by atoms with Crippen LogP contribution < -0.4 is 5.32 Å². The number of hydrogen-bond donors (Lipinski definition) is 2. The lowest BCUT2D eigenvalue weighted by atomic mass is 10.1. The second-order valence-electron chi connectivity index (χ2n) is 5.88. The van der Waals surface area contributed by atoms with Crippen molar-refractivity contribution in [1.29, 1.82) is 0 Å². The summed E-state index contributed by atoms with van der Waals surface area (Å²) in [7, 11) is 0. The van der Waals surface area contributed by atoms with Crippen molar-refractivity contribution >= 4 is 17.9 Å². The SMILES string of the molecule is CC(C)(C)N1CCN(C(=O)NC(=O)COCC(=O)O)CC1. The molecule has 0 spiro atoms. The Morgan fingerprint density at radius 2 is 1.67 bits per heavy atom. The Morgan fingerprint density at radius 3 is 2.14 bits per heavy atom. The fourth-order valence-corrected chi connectivity index (χ4v) is 2.05. The van der Waals surface area contributed by atoms with Crippen LogP contribution in [0.1, 0.15) is 20.8 Å². The van der Waals surface area contributed by atoms with Crippen molar-refractivity contribution in [2.45, 2.75) is 26.3 Å². The van der Waals surface area contributed by atoms with Gasteiger partial charge in [-0.15, -0.1) is 0 Å². The minimum atomic E-state index is -1.16. The van der Waals surface area contributed by atoms with E-state index in [1.54, 1.807) is 4.90 Å². The van der Waals surface area contributed by atoms with E-state index in [9.17, 15) is 14.4 Å². The zero-order valence-corrected chi connectivity index (χ0v) is 12.7. The maximum Gasteiger partial charge on any atom is 0.329 e. The van der Waals surface area contributed by atoms with E-state index in [2.05, 4.69) is 35.7 Å². The normalized spacial score (nSPS) is 16.6. The van der Waals surface area contributed by atoms with Crippen LogP contribution in [-0.2, 0) is 14.3 Å². The third kappa shape index (κ3) is 6.09. The Kier molecular flexibility index (Phi) is 6.10. The van der Waals surface area contributed by atoms with Crippen LogP contribution in [0.3, 0.4) is 0 Å². The molecular formula is C13H23N3O5. The highest BCUT2D eigenvalue weighted by Crippen LogP contribution is 2.15. The Morgan fingerprint density at radius 1 is 1.10 bits per heavy atom. The number of amides is 3. The van der Waals surface area contributed by atoms with Crippen molar-refractivity contribution in [2.75, 3.05) is 39.4 Å². The van der Waals surface area contributed by atoms with E-state index in [-0.39, 0.29) is 5.54 Å². The first-order chi connectivity index (χ1) is 9.70. The molecule has 0 aromatic carbocycles. The Balaban J connectivity index is 2.31. The van der Waals surface area contributed by atoms with Crippen LogP contribution in [0.4, 0.5) is 4.79 Å². The molecule has 0 aromatic rings. The number of carboxylic acid groups (broad SMARTS) is 1. The summed E-state index contributed by atoms with van der Waals surface area (Å²) in [5.41, 5.74) is 0.0586. The van der Waals surface area contributed by atoms with Crippen LogP contribution in [-0.4, -0.2) is 77.7 Å². The summed E-state index contributed by atoms with van der Waals surface area (Å²) >= 11 is 0. The number of aliphatic carboxylic acids is 1. The molecule has 0 atom stereocenters. The van der Waals surface area contributed by atoms with E-state index in [4.69, 9.17) is 5.11 Å². The van der Waals surface area contributed by atoms with Gasteiger partial charge >= 0.3 is 12.0 Å². The maximum absolute atomic E-state index is 11.9. The van der Waals surface area contributed by atoms with Crippen molar-refractivity contribution in [2.24, 2.45) is 0 Å². The van der Waals surface area contributed by atoms with Gasteiger partial charge in [-0.1, -0.05) is 0 Å². The van der Waals surface area contributed by atoms with E-state index in [0.717, 1.165) is 13.1 Å². The molecular weight excluding hydrogens is 278 g/mol. The molecule has 1 fully saturated rings. The number of imide groups is 1. The van der Waals surface area contributed by atoms with Gasteiger partial charge in [-0.2, -0.15) is 0 Å². The number of urea groups is 1. The summed E-state index contributed by atoms with van der Waals surface area (Å²) in [6.45, 7) is 7.94. The first-order valence-electron chi connectivity index (χ1n) is 6.83. The third-order valence-corrected chi connectivity index (χ3v) is 3.22. The molecule has 1 aliphatic heterocycles. The quantitative estimate of drug-likeness (QED) is 0.742. The molecule has 120 valence electrons. The summed E-state index contributed by atoms with van der Waals surface area (Å²) in [6.07, 6.45) is 0. The smallest absolute Gasteiger partial charge is 0.329 e. The molecule has 1 heterocycles. The van der Waals surface area contributed by atoms with E-state index < -0.39 is 31.1 Å². The summed E-state index contributed by atoms with van der Waals surface area (Å²) in [5.74, 6) is -1.80. The molecule has 1 saturated heterocycles. The summed E-state index contributed by atoms with van der Waals surface area (Å²) in [4.78, 5) is 37.3. The molecule has 0 bridgehead atoms. The van der Waals surface area contributed by atoms with E-state index in [0.29, 0.717) is 13.1 Å². The molecule has 21 heavy (non-hydrogen) atoms. The van der Waals surface area contributed by atoms with Crippen molar-refractivity contribution in [3.8, 4) is 0 Å². The minimum absolute atomic E-state index is 0.0586. The van der Waals surface area contributed by atoms with Crippen LogP contribution >= 0.6 is 0 Å². The van der Waals surface area contributed by atoms with Gasteiger partial charge in [-0.25, -0.2) is 9.59 Å². The molecule has 0 saturated carbocycles. The third-order valence-electron chi connectivity index (χ3n) is 3.22. The van der Waals surface area contributed by atoms with Crippen molar-refractivity contribution in [1.82, 2.24) is 15.1 Å². The molecule has 0 aliphatic carbocycles. The molecule has 8 nitrogen and oxygen atoms in total. The average Bonchev–Trinajstić information content (AvgIpc) is 2.37. The fourth-order valence-electron chi connectivity index (χ4n) is 2.05. The lowest BCUT2D eigenvalue weighted by molar-refractivity contribution is -0.143. The number of hydrogen-bond acceptors (Lipinski definition) is 5. The van der Waals surface area contributed by atoms with Crippen LogP contribution in [0.25, 0.3) is 0 Å². The number of rotatable bonds is 4. The van der Waals surface area contributed by atoms with Crippen LogP contribution in [0.5, 0.6) is 0 Å². The maximum atomic E-state index is 11.9. The van der Waals surface area contributed by atoms with Gasteiger partial charge in [0.05, 0.1) is 0 Å². The highest BCUT2D eigenvalue weighted by molar-refractivity contribution is 5.95. The highest BCUT2D eigenvalue weighted by atomic mass is 16.5. The van der Waals surface area contributed by atoms with Gasteiger partial charge in [0.15, 0.2) is 0 Å². The van der Waals surface area contributed by atoms with Gasteiger partial charge in [0.25, 0.3) is 5.91 Å². The lowest BCUT2D eigenvalue weighted by Crippen LogP contribution is -2.57. The van der Waals surface area contributed by atoms with Gasteiger partial charge in [0, 0.05) is 31.7 Å². The summed E-state index contributed by atoms with van der Waals surface area (Å²) in [5, 5.41) is 10.6. The van der Waals surface area contributed by atoms with Gasteiger partial charge in [0.2, 0.25) is 0 Å². The molecule has 1 aliphatic rings. The van der Waals surface area contributed by atoms with Crippen molar-refractivity contribution in [3.05, 3.63) is 0 Å². The summed E-state index contributed by atoms with van der Waals surface area (Å²) < 4.78 is 4.62. The second kappa shape index (κ2) is 7.37. The standard InChI is InChI=1S/C13H23N3O5/c1-13(2,3)16-6-4-15(5-7-16)12(20)14-10(17)8-21-9-11(18)19/h4-9H2,1-3H3,(H,18,19)(H,14,17,20). The predicted octanol–water partition coefficient (Wildman–Crippen LogP) is -0.260. The van der Waals surface area contributed by atoms with Crippen LogP contribution in [0.2, 0.25) is 0 Å². The monoisotopic (exact) mass is 301 g/mol. The average molecular weight is 301 g/mol. The number of nitrogens with zero attached hydrogens (tertiary/aromatic N) is 2. The van der Waals surface area contributed by atoms with Gasteiger partial charge in [-0.05, 0) is 20.8 Å². The lowest BCUT2D eigenvalue weighted by Gasteiger charge is -2.42. The van der Waals surface area contributed by atoms with Gasteiger partial charge in [0.1, 0.15) is 13.2 Å². The zero-order chi connectivity index (χ0) is 16.0. The van der Waals surface area contributed by atoms with Crippen molar-refractivity contribution < 1.29 is 24.2 Å². The van der Waals surface area contributed by atoms with E-state index in [1.165, 1.54) is 0 Å². The predicted molar refractivity (Wildman–Crippen MR) is 74.9 cm³/mol. The second-order valence-corrected chi connectivity index (χ2v) is 5.88. The fraction of sp³-hybridized carbons (Fsp3) is 0.769. The number of nitrogens with one attached hydrogen (secondary N) is 1. The molecule has 0 radical (unpaired) electrons. The van der Waals surface area contributed by atoms with Crippen LogP contribution in [0, 0.1) is 0 Å². The molecule has 3 amide bonds. The van der Waals surface area contributed by atoms with Crippen molar-refractivity contribution in [3.63, 3.8) is 0 Å². The first-order valence-corrected chi connectivity index (χ1v) is 6.83. The Hall–Kier alpha value is -1.67. The highest BCUT2D eigenvalue weighted by Gasteiger charge is 2.28. The molecule has 2 N–H and O–H groups in total. The largest absolute Gasteiger partial charge is 0.480 e. The number of ether oxygens (including phenoxy) is 1. The van der Waals surface area contributed by atoms with Gasteiger partial charge < -0.3 is 14.7 Å². The van der Waals surface area contributed by atoms with E-state index in [1.807, 2.05) is 0 Å². The topological polar surface area (TPSA) is 99.2 Å². The number of carbonyl (C=O) groups excluding carboxylic acids is 2.